The van der Waals surface area contributed by atoms with Gasteiger partial charge < -0.3 is 10.6 Å². The maximum atomic E-state index is 12.3. The zero-order valence-electron chi connectivity index (χ0n) is 13.4. The first-order valence-corrected chi connectivity index (χ1v) is 8.46. The van der Waals surface area contributed by atoms with Crippen LogP contribution in [0.2, 0.25) is 5.02 Å². The van der Waals surface area contributed by atoms with Gasteiger partial charge in [-0.3, -0.25) is 14.7 Å². The minimum Gasteiger partial charge on any atom is -0.351 e. The predicted molar refractivity (Wildman–Crippen MR) is 94.7 cm³/mol. The van der Waals surface area contributed by atoms with Gasteiger partial charge in [0.05, 0.1) is 6.54 Å². The number of halogens is 1. The molecule has 5 nitrogen and oxygen atoms in total. The number of nitrogens with zero attached hydrogens (tertiary/aromatic N) is 2. The Kier molecular flexibility index (Phi) is 5.80. The molecule has 1 aliphatic heterocycles. The Morgan fingerprint density at radius 2 is 2.29 bits per heavy atom. The Hall–Kier alpha value is -1.95. The van der Waals surface area contributed by atoms with Crippen LogP contribution in [0, 0.1) is 0 Å². The van der Waals surface area contributed by atoms with Crippen LogP contribution in [0.5, 0.6) is 0 Å². The molecule has 6 heteroatoms. The van der Waals surface area contributed by atoms with E-state index in [1.165, 1.54) is 0 Å². The average molecular weight is 345 g/mol. The fourth-order valence-corrected chi connectivity index (χ4v) is 3.14. The van der Waals surface area contributed by atoms with Crippen LogP contribution in [-0.4, -0.2) is 42.0 Å². The largest absolute Gasteiger partial charge is 0.351 e. The highest BCUT2D eigenvalue weighted by molar-refractivity contribution is 6.30. The second kappa shape index (κ2) is 8.24. The van der Waals surface area contributed by atoms with Gasteiger partial charge in [0.25, 0.3) is 0 Å². The Morgan fingerprint density at radius 3 is 3.08 bits per heavy atom. The summed E-state index contributed by atoms with van der Waals surface area (Å²) in [7, 11) is 0. The number of piperazine rings is 1. The number of pyridine rings is 1. The van der Waals surface area contributed by atoms with Crippen LogP contribution in [0.15, 0.2) is 48.8 Å². The van der Waals surface area contributed by atoms with Gasteiger partial charge in [-0.15, -0.1) is 0 Å². The van der Waals surface area contributed by atoms with Crippen molar-refractivity contribution in [1.29, 1.82) is 0 Å². The number of rotatable bonds is 5. The number of carbonyl (C=O) groups is 1. The lowest BCUT2D eigenvalue weighted by molar-refractivity contribution is -0.123. The van der Waals surface area contributed by atoms with Gasteiger partial charge in [0.15, 0.2) is 0 Å². The molecule has 2 heterocycles. The van der Waals surface area contributed by atoms with Gasteiger partial charge >= 0.3 is 0 Å². The SMILES string of the molecule is O=C(CN1CCNCC1c1cccnc1)NCc1cccc(Cl)c1. The fourth-order valence-electron chi connectivity index (χ4n) is 2.93. The number of hydrogen-bond acceptors (Lipinski definition) is 4. The highest BCUT2D eigenvalue weighted by Crippen LogP contribution is 2.20. The molecule has 0 saturated carbocycles. The number of nitrogens with one attached hydrogen (secondary N) is 2. The zero-order chi connectivity index (χ0) is 16.8. The molecule has 0 bridgehead atoms. The van der Waals surface area contributed by atoms with Crippen LogP contribution in [0.3, 0.4) is 0 Å². The fraction of sp³-hybridized carbons (Fsp3) is 0.333. The normalized spacial score (nSPS) is 18.3. The van der Waals surface area contributed by atoms with E-state index in [0.29, 0.717) is 18.1 Å². The topological polar surface area (TPSA) is 57.3 Å². The van der Waals surface area contributed by atoms with Crippen LogP contribution < -0.4 is 10.6 Å². The lowest BCUT2D eigenvalue weighted by atomic mass is 10.1. The molecule has 24 heavy (non-hydrogen) atoms. The quantitative estimate of drug-likeness (QED) is 0.871. The summed E-state index contributed by atoms with van der Waals surface area (Å²) in [4.78, 5) is 18.7. The van der Waals surface area contributed by atoms with Crippen molar-refractivity contribution in [3.05, 3.63) is 64.9 Å². The Bertz CT molecular complexity index is 680. The summed E-state index contributed by atoms with van der Waals surface area (Å²) in [5, 5.41) is 7.04. The molecule has 3 rings (SSSR count). The van der Waals surface area contributed by atoms with E-state index in [1.54, 1.807) is 6.20 Å². The molecule has 2 aromatic rings. The smallest absolute Gasteiger partial charge is 0.234 e. The molecule has 1 aromatic carbocycles. The molecule has 1 atom stereocenters. The third-order valence-electron chi connectivity index (χ3n) is 4.15. The molecule has 126 valence electrons. The zero-order valence-corrected chi connectivity index (χ0v) is 14.2. The van der Waals surface area contributed by atoms with Gasteiger partial charge in [-0.25, -0.2) is 0 Å². The number of carbonyl (C=O) groups excluding carboxylic acids is 1. The first kappa shape index (κ1) is 16.9. The third-order valence-corrected chi connectivity index (χ3v) is 4.38. The predicted octanol–water partition coefficient (Wildman–Crippen LogP) is 2.00. The highest BCUT2D eigenvalue weighted by Gasteiger charge is 2.25. The van der Waals surface area contributed by atoms with Gasteiger partial charge in [0.2, 0.25) is 5.91 Å². The summed E-state index contributed by atoms with van der Waals surface area (Å²) >= 11 is 5.97. The van der Waals surface area contributed by atoms with Crippen LogP contribution in [-0.2, 0) is 11.3 Å². The first-order chi connectivity index (χ1) is 11.7. The van der Waals surface area contributed by atoms with Gasteiger partial charge in [-0.05, 0) is 29.3 Å². The van der Waals surface area contributed by atoms with Crippen molar-refractivity contribution < 1.29 is 4.79 Å². The van der Waals surface area contributed by atoms with E-state index in [2.05, 4.69) is 26.6 Å². The van der Waals surface area contributed by atoms with E-state index in [0.717, 1.165) is 30.8 Å². The van der Waals surface area contributed by atoms with Crippen LogP contribution in [0.4, 0.5) is 0 Å². The molecule has 2 N–H and O–H groups in total. The number of benzene rings is 1. The maximum Gasteiger partial charge on any atom is 0.234 e. The van der Waals surface area contributed by atoms with Crippen molar-refractivity contribution >= 4 is 17.5 Å². The molecule has 1 saturated heterocycles. The van der Waals surface area contributed by atoms with Crippen molar-refractivity contribution in [2.45, 2.75) is 12.6 Å². The standard InChI is InChI=1S/C18H21ClN4O/c19-16-5-1-3-14(9-16)10-22-18(24)13-23-8-7-21-12-17(23)15-4-2-6-20-11-15/h1-6,9,11,17,21H,7-8,10,12-13H2,(H,22,24). The van der Waals surface area contributed by atoms with E-state index in [-0.39, 0.29) is 11.9 Å². The second-order valence-corrected chi connectivity index (χ2v) is 6.32. The summed E-state index contributed by atoms with van der Waals surface area (Å²) in [5.74, 6) is 0.0192. The second-order valence-electron chi connectivity index (χ2n) is 5.88. The van der Waals surface area contributed by atoms with Crippen LogP contribution in [0.25, 0.3) is 0 Å². The first-order valence-electron chi connectivity index (χ1n) is 8.08. The number of aromatic nitrogens is 1. The Labute approximate surface area is 147 Å². The molecule has 1 amide bonds. The van der Waals surface area contributed by atoms with Gasteiger partial charge in [-0.1, -0.05) is 29.8 Å². The van der Waals surface area contributed by atoms with E-state index in [4.69, 9.17) is 11.6 Å². The van der Waals surface area contributed by atoms with Crippen molar-refractivity contribution in [2.75, 3.05) is 26.2 Å². The summed E-state index contributed by atoms with van der Waals surface area (Å²) < 4.78 is 0. The molecule has 1 aliphatic rings. The van der Waals surface area contributed by atoms with E-state index in [9.17, 15) is 4.79 Å². The Morgan fingerprint density at radius 1 is 1.38 bits per heavy atom. The van der Waals surface area contributed by atoms with Gasteiger partial charge in [0, 0.05) is 49.6 Å². The van der Waals surface area contributed by atoms with Gasteiger partial charge in [0.1, 0.15) is 0 Å². The maximum absolute atomic E-state index is 12.3. The van der Waals surface area contributed by atoms with Crippen LogP contribution in [0.1, 0.15) is 17.2 Å². The van der Waals surface area contributed by atoms with Crippen molar-refractivity contribution in [3.63, 3.8) is 0 Å². The summed E-state index contributed by atoms with van der Waals surface area (Å²) in [6, 6.07) is 11.7. The minimum absolute atomic E-state index is 0.0192. The summed E-state index contributed by atoms with van der Waals surface area (Å²) in [6.07, 6.45) is 3.64. The van der Waals surface area contributed by atoms with E-state index < -0.39 is 0 Å². The molecule has 0 radical (unpaired) electrons. The lowest BCUT2D eigenvalue weighted by Gasteiger charge is -2.35. The molecule has 0 aliphatic carbocycles. The molecule has 0 spiro atoms. The lowest BCUT2D eigenvalue weighted by Crippen LogP contribution is -2.49. The molecule has 1 fully saturated rings. The highest BCUT2D eigenvalue weighted by atomic mass is 35.5. The van der Waals surface area contributed by atoms with E-state index in [1.807, 2.05) is 36.5 Å². The molecule has 1 aromatic heterocycles. The third kappa shape index (κ3) is 4.54. The Balaban J connectivity index is 1.57. The molecular weight excluding hydrogens is 324 g/mol. The molecular formula is C18H21ClN4O. The summed E-state index contributed by atoms with van der Waals surface area (Å²) in [5.41, 5.74) is 2.13. The van der Waals surface area contributed by atoms with Crippen molar-refractivity contribution in [1.82, 2.24) is 20.5 Å². The monoisotopic (exact) mass is 344 g/mol. The van der Waals surface area contributed by atoms with Crippen molar-refractivity contribution in [2.24, 2.45) is 0 Å². The van der Waals surface area contributed by atoms with Crippen molar-refractivity contribution in [3.8, 4) is 0 Å². The minimum atomic E-state index is 0.0192. The van der Waals surface area contributed by atoms with Gasteiger partial charge in [-0.2, -0.15) is 0 Å². The number of hydrogen-bond donors (Lipinski definition) is 2. The number of amides is 1. The average Bonchev–Trinajstić information content (AvgIpc) is 2.61. The van der Waals surface area contributed by atoms with E-state index >= 15 is 0 Å². The van der Waals surface area contributed by atoms with Crippen LogP contribution >= 0.6 is 11.6 Å². The summed E-state index contributed by atoms with van der Waals surface area (Å²) in [6.45, 7) is 3.42. The molecule has 1 unspecified atom stereocenters.